The highest BCUT2D eigenvalue weighted by Crippen LogP contribution is 2.37. The molecule has 4 rings (SSSR count). The molecule has 0 N–H and O–H groups in total. The number of ether oxygens (including phenoxy) is 1. The molecule has 2 unspecified atom stereocenters. The van der Waals surface area contributed by atoms with Gasteiger partial charge in [-0.2, -0.15) is 0 Å². The number of aryl methyl sites for hydroxylation is 1. The van der Waals surface area contributed by atoms with E-state index in [1.807, 2.05) is 6.07 Å². The number of hydrogen-bond donors (Lipinski definition) is 0. The van der Waals surface area contributed by atoms with Gasteiger partial charge in [-0.15, -0.1) is 0 Å². The first-order valence-electron chi connectivity index (χ1n) is 9.10. The van der Waals surface area contributed by atoms with Gasteiger partial charge in [0, 0.05) is 35.8 Å². The van der Waals surface area contributed by atoms with Gasteiger partial charge in [-0.3, -0.25) is 9.00 Å². The van der Waals surface area contributed by atoms with Crippen LogP contribution in [0.1, 0.15) is 30.6 Å². The lowest BCUT2D eigenvalue weighted by molar-refractivity contribution is 0.301. The van der Waals surface area contributed by atoms with E-state index in [1.54, 1.807) is 32.3 Å². The molecule has 0 saturated heterocycles. The zero-order valence-corrected chi connectivity index (χ0v) is 16.4. The maximum absolute atomic E-state index is 12.5. The summed E-state index contributed by atoms with van der Waals surface area (Å²) in [5, 5.41) is -0.258. The predicted molar refractivity (Wildman–Crippen MR) is 106 cm³/mol. The lowest BCUT2D eigenvalue weighted by atomic mass is 10.00. The molecular weight excluding hydrogens is 378 g/mol. The standard InChI is InChI=1S/C20H21N3O4S/c1-12(28(25)26)14-5-6-18(27-10-13-3-4-13)15(7-14)17-9-23(2)20(24)16-8-21-11-22-19(16)17/h5-9,11-13H,3-4,10H2,1-2H3,(H,25,26)/p-1. The molecule has 2 atom stereocenters. The van der Waals surface area contributed by atoms with Crippen LogP contribution in [0, 0.1) is 5.92 Å². The van der Waals surface area contributed by atoms with Gasteiger partial charge in [-0.05, 0) is 54.5 Å². The van der Waals surface area contributed by atoms with Crippen LogP contribution >= 0.6 is 0 Å². The van der Waals surface area contributed by atoms with Crippen molar-refractivity contribution in [2.75, 3.05) is 6.61 Å². The fourth-order valence-electron chi connectivity index (χ4n) is 3.14. The number of benzene rings is 1. The molecule has 146 valence electrons. The summed E-state index contributed by atoms with van der Waals surface area (Å²) in [5.74, 6) is 1.22. The molecule has 0 amide bonds. The quantitative estimate of drug-likeness (QED) is 0.592. The largest absolute Gasteiger partial charge is 0.772 e. The Balaban J connectivity index is 1.92. The number of nitrogens with zero attached hydrogens (tertiary/aromatic N) is 3. The topological polar surface area (TPSA) is 97.1 Å². The van der Waals surface area contributed by atoms with Crippen LogP contribution < -0.4 is 10.3 Å². The summed E-state index contributed by atoms with van der Waals surface area (Å²) in [5.41, 5.74) is 2.40. The van der Waals surface area contributed by atoms with Gasteiger partial charge < -0.3 is 13.9 Å². The number of aromatic nitrogens is 3. The molecule has 0 aliphatic heterocycles. The molecule has 2 heterocycles. The second-order valence-corrected chi connectivity index (χ2v) is 8.38. The van der Waals surface area contributed by atoms with Crippen molar-refractivity contribution < 1.29 is 13.5 Å². The van der Waals surface area contributed by atoms with Crippen molar-refractivity contribution in [1.82, 2.24) is 14.5 Å². The van der Waals surface area contributed by atoms with E-state index in [-0.39, 0.29) is 5.56 Å². The van der Waals surface area contributed by atoms with Crippen molar-refractivity contribution in [2.24, 2.45) is 13.0 Å². The summed E-state index contributed by atoms with van der Waals surface area (Å²) in [4.78, 5) is 20.7. The number of pyridine rings is 1. The van der Waals surface area contributed by atoms with Gasteiger partial charge in [0.25, 0.3) is 5.56 Å². The van der Waals surface area contributed by atoms with E-state index in [0.717, 1.165) is 18.4 Å². The zero-order valence-electron chi connectivity index (χ0n) is 15.6. The van der Waals surface area contributed by atoms with Crippen LogP contribution in [0.3, 0.4) is 0 Å². The summed E-state index contributed by atoms with van der Waals surface area (Å²) in [6, 6.07) is 5.38. The molecule has 1 aromatic carbocycles. The van der Waals surface area contributed by atoms with E-state index in [1.165, 1.54) is 17.1 Å². The molecule has 3 aromatic rings. The van der Waals surface area contributed by atoms with Crippen LogP contribution in [0.4, 0.5) is 0 Å². The maximum Gasteiger partial charge on any atom is 0.261 e. The fraction of sp³-hybridized carbons (Fsp3) is 0.350. The van der Waals surface area contributed by atoms with Crippen LogP contribution in [0.2, 0.25) is 0 Å². The smallest absolute Gasteiger partial charge is 0.261 e. The molecule has 7 nitrogen and oxygen atoms in total. The molecule has 0 bridgehead atoms. The van der Waals surface area contributed by atoms with Crippen LogP contribution in [0.5, 0.6) is 5.75 Å². The fourth-order valence-corrected chi connectivity index (χ4v) is 3.51. The molecule has 1 aliphatic rings. The monoisotopic (exact) mass is 398 g/mol. The Kier molecular flexibility index (Phi) is 4.99. The average Bonchev–Trinajstić information content (AvgIpc) is 3.53. The molecule has 8 heteroatoms. The summed E-state index contributed by atoms with van der Waals surface area (Å²) in [6.45, 7) is 2.25. The van der Waals surface area contributed by atoms with Crippen molar-refractivity contribution in [1.29, 1.82) is 0 Å². The Morgan fingerprint density at radius 2 is 2.14 bits per heavy atom. The number of rotatable bonds is 6. The molecular formula is C20H20N3O4S-. The summed E-state index contributed by atoms with van der Waals surface area (Å²) < 4.78 is 30.5. The summed E-state index contributed by atoms with van der Waals surface area (Å²) >= 11 is -2.24. The van der Waals surface area contributed by atoms with Crippen LogP contribution in [-0.2, 0) is 18.1 Å². The van der Waals surface area contributed by atoms with Crippen molar-refractivity contribution in [3.63, 3.8) is 0 Å². The Morgan fingerprint density at radius 3 is 2.86 bits per heavy atom. The lowest BCUT2D eigenvalue weighted by Crippen LogP contribution is -2.17. The van der Waals surface area contributed by atoms with Gasteiger partial charge in [0.1, 0.15) is 12.1 Å². The molecule has 28 heavy (non-hydrogen) atoms. The van der Waals surface area contributed by atoms with Crippen LogP contribution in [0.25, 0.3) is 22.0 Å². The minimum absolute atomic E-state index is 0.190. The molecule has 2 aromatic heterocycles. The lowest BCUT2D eigenvalue weighted by Gasteiger charge is -2.19. The predicted octanol–water partition coefficient (Wildman–Crippen LogP) is 2.72. The molecule has 1 fully saturated rings. The Bertz CT molecular complexity index is 1120. The second-order valence-electron chi connectivity index (χ2n) is 7.16. The van der Waals surface area contributed by atoms with Gasteiger partial charge in [0.05, 0.1) is 17.5 Å². The highest BCUT2D eigenvalue weighted by molar-refractivity contribution is 7.79. The SMILES string of the molecule is CC(c1ccc(OCC2CC2)c(-c2cn(C)c(=O)c3cncnc23)c1)S(=O)[O-]. The van der Waals surface area contributed by atoms with Crippen molar-refractivity contribution in [3.8, 4) is 16.9 Å². The van der Waals surface area contributed by atoms with Gasteiger partial charge >= 0.3 is 0 Å². The highest BCUT2D eigenvalue weighted by atomic mass is 32.2. The minimum atomic E-state index is -2.24. The van der Waals surface area contributed by atoms with E-state index in [4.69, 9.17) is 4.74 Å². The van der Waals surface area contributed by atoms with Gasteiger partial charge in [-0.1, -0.05) is 6.07 Å². The molecule has 1 aliphatic carbocycles. The van der Waals surface area contributed by atoms with Gasteiger partial charge in [0.15, 0.2) is 0 Å². The molecule has 0 radical (unpaired) electrons. The average molecular weight is 398 g/mol. The van der Waals surface area contributed by atoms with Gasteiger partial charge in [-0.25, -0.2) is 9.97 Å². The molecule has 0 spiro atoms. The van der Waals surface area contributed by atoms with Crippen LogP contribution in [-0.4, -0.2) is 29.9 Å². The second kappa shape index (κ2) is 7.44. The first kappa shape index (κ1) is 18.8. The van der Waals surface area contributed by atoms with E-state index in [2.05, 4.69) is 9.97 Å². The Labute approximate surface area is 164 Å². The first-order chi connectivity index (χ1) is 13.5. The Hall–Kier alpha value is -2.58. The van der Waals surface area contributed by atoms with E-state index >= 15 is 0 Å². The number of fused-ring (bicyclic) bond motifs is 1. The highest BCUT2D eigenvalue weighted by Gasteiger charge is 2.23. The minimum Gasteiger partial charge on any atom is -0.772 e. The Morgan fingerprint density at radius 1 is 1.36 bits per heavy atom. The van der Waals surface area contributed by atoms with E-state index in [9.17, 15) is 13.6 Å². The summed E-state index contributed by atoms with van der Waals surface area (Å²) in [7, 11) is 1.67. The first-order valence-corrected chi connectivity index (χ1v) is 10.2. The van der Waals surface area contributed by atoms with Crippen molar-refractivity contribution in [3.05, 3.63) is 52.8 Å². The summed E-state index contributed by atoms with van der Waals surface area (Å²) in [6.07, 6.45) is 6.93. The number of hydrogen-bond acceptors (Lipinski definition) is 6. The third-order valence-electron chi connectivity index (χ3n) is 5.06. The van der Waals surface area contributed by atoms with E-state index in [0.29, 0.717) is 40.3 Å². The van der Waals surface area contributed by atoms with Crippen molar-refractivity contribution in [2.45, 2.75) is 25.0 Å². The third-order valence-corrected chi connectivity index (χ3v) is 5.91. The normalized spacial score (nSPS) is 16.1. The van der Waals surface area contributed by atoms with Crippen molar-refractivity contribution >= 4 is 22.0 Å². The molecule has 1 saturated carbocycles. The maximum atomic E-state index is 12.5. The third kappa shape index (κ3) is 3.57. The van der Waals surface area contributed by atoms with Crippen LogP contribution in [0.15, 0.2) is 41.7 Å². The zero-order chi connectivity index (χ0) is 19.8. The van der Waals surface area contributed by atoms with E-state index < -0.39 is 16.3 Å². The van der Waals surface area contributed by atoms with Gasteiger partial charge in [0.2, 0.25) is 0 Å².